The number of likely N-dealkylation sites (tertiary alicyclic amines) is 1. The van der Waals surface area contributed by atoms with Crippen LogP contribution in [0.1, 0.15) is 40.8 Å². The maximum atomic E-state index is 13.0. The van der Waals surface area contributed by atoms with Gasteiger partial charge in [-0.25, -0.2) is 9.97 Å². The minimum absolute atomic E-state index is 0.00101. The Bertz CT molecular complexity index is 1110. The molecular weight excluding hydrogens is 338 g/mol. The summed E-state index contributed by atoms with van der Waals surface area (Å²) in [6.45, 7) is 3.45. The summed E-state index contributed by atoms with van der Waals surface area (Å²) < 4.78 is 1.97. The molecule has 0 aliphatic carbocycles. The monoisotopic (exact) mass is 359 g/mol. The van der Waals surface area contributed by atoms with Crippen LogP contribution in [0.15, 0.2) is 48.7 Å². The largest absolute Gasteiger partial charge is 0.342 e. The quantitative estimate of drug-likeness (QED) is 0.595. The predicted octanol–water partition coefficient (Wildman–Crippen LogP) is 3.54. The molecular formula is C21H21N5O. The Morgan fingerprint density at radius 3 is 2.89 bits per heavy atom. The van der Waals surface area contributed by atoms with Gasteiger partial charge in [-0.3, -0.25) is 4.79 Å². The number of rotatable bonds is 2. The van der Waals surface area contributed by atoms with Crippen molar-refractivity contribution in [3.05, 3.63) is 65.9 Å². The molecule has 136 valence electrons. The highest BCUT2D eigenvalue weighted by atomic mass is 16.2. The molecule has 0 radical (unpaired) electrons. The van der Waals surface area contributed by atoms with Gasteiger partial charge in [0.2, 0.25) is 0 Å². The predicted molar refractivity (Wildman–Crippen MR) is 104 cm³/mol. The highest BCUT2D eigenvalue weighted by Crippen LogP contribution is 2.27. The first kappa shape index (κ1) is 16.1. The number of piperidine rings is 1. The van der Waals surface area contributed by atoms with Crippen LogP contribution >= 0.6 is 0 Å². The molecule has 0 saturated carbocycles. The van der Waals surface area contributed by atoms with E-state index in [0.717, 1.165) is 47.6 Å². The smallest absolute Gasteiger partial charge is 0.274 e. The van der Waals surface area contributed by atoms with Crippen LogP contribution in [0.25, 0.3) is 16.7 Å². The number of fused-ring (bicyclic) bond motifs is 2. The molecule has 1 atom stereocenters. The highest BCUT2D eigenvalue weighted by Gasteiger charge is 2.28. The minimum atomic E-state index is -0.00101. The van der Waals surface area contributed by atoms with E-state index in [0.29, 0.717) is 12.2 Å². The lowest BCUT2D eigenvalue weighted by Gasteiger charge is -2.31. The molecule has 1 amide bonds. The van der Waals surface area contributed by atoms with Crippen LogP contribution in [-0.2, 0) is 0 Å². The number of hydrogen-bond acceptors (Lipinski definition) is 3. The summed E-state index contributed by atoms with van der Waals surface area (Å²) in [7, 11) is 0. The Kier molecular flexibility index (Phi) is 3.70. The number of hydrogen-bond donors (Lipinski definition) is 1. The molecule has 0 bridgehead atoms. The molecule has 1 aliphatic rings. The molecule has 4 heterocycles. The third-order valence-electron chi connectivity index (χ3n) is 5.42. The molecule has 1 aliphatic heterocycles. The van der Waals surface area contributed by atoms with Crippen LogP contribution < -0.4 is 0 Å². The minimum Gasteiger partial charge on any atom is -0.342 e. The lowest BCUT2D eigenvalue weighted by Crippen LogP contribution is -2.39. The lowest BCUT2D eigenvalue weighted by atomic mass is 9.97. The molecule has 1 aromatic carbocycles. The summed E-state index contributed by atoms with van der Waals surface area (Å²) in [5, 5.41) is 0. The van der Waals surface area contributed by atoms with Crippen molar-refractivity contribution < 1.29 is 4.79 Å². The Hall–Kier alpha value is -3.15. The van der Waals surface area contributed by atoms with Crippen molar-refractivity contribution in [3.63, 3.8) is 0 Å². The van der Waals surface area contributed by atoms with Gasteiger partial charge in [0, 0.05) is 30.9 Å². The van der Waals surface area contributed by atoms with Gasteiger partial charge in [0.05, 0.1) is 11.0 Å². The number of carbonyl (C=O) groups is 1. The summed E-state index contributed by atoms with van der Waals surface area (Å²) in [4.78, 5) is 27.7. The fraction of sp³-hybridized carbons (Fsp3) is 0.286. The SMILES string of the molecule is Cc1cccc2nc(C(=O)N3CCC[C@H](c4nc5ccccc5[nH]4)C3)cn12. The Labute approximate surface area is 156 Å². The average molecular weight is 359 g/mol. The highest BCUT2D eigenvalue weighted by molar-refractivity contribution is 5.93. The van der Waals surface area contributed by atoms with Gasteiger partial charge in [0.1, 0.15) is 17.2 Å². The third-order valence-corrected chi connectivity index (χ3v) is 5.42. The van der Waals surface area contributed by atoms with Crippen molar-refractivity contribution in [1.29, 1.82) is 0 Å². The van der Waals surface area contributed by atoms with Crippen LogP contribution in [0.5, 0.6) is 0 Å². The maximum Gasteiger partial charge on any atom is 0.274 e. The number of H-pyrrole nitrogens is 1. The van der Waals surface area contributed by atoms with E-state index < -0.39 is 0 Å². The van der Waals surface area contributed by atoms with E-state index in [1.807, 2.05) is 64.9 Å². The molecule has 4 aromatic rings. The van der Waals surface area contributed by atoms with Crippen LogP contribution in [-0.4, -0.2) is 43.2 Å². The van der Waals surface area contributed by atoms with Gasteiger partial charge < -0.3 is 14.3 Å². The molecule has 6 nitrogen and oxygen atoms in total. The molecule has 5 rings (SSSR count). The molecule has 1 N–H and O–H groups in total. The van der Waals surface area contributed by atoms with Crippen LogP contribution in [0, 0.1) is 6.92 Å². The van der Waals surface area contributed by atoms with Gasteiger partial charge >= 0.3 is 0 Å². The average Bonchev–Trinajstić information content (AvgIpc) is 3.32. The number of nitrogens with zero attached hydrogens (tertiary/aromatic N) is 4. The Morgan fingerprint density at radius 2 is 2.04 bits per heavy atom. The van der Waals surface area contributed by atoms with Gasteiger partial charge in [-0.05, 0) is 44.0 Å². The van der Waals surface area contributed by atoms with Gasteiger partial charge in [0.25, 0.3) is 5.91 Å². The van der Waals surface area contributed by atoms with E-state index in [9.17, 15) is 4.79 Å². The number of aromatic amines is 1. The van der Waals surface area contributed by atoms with E-state index in [4.69, 9.17) is 4.98 Å². The topological polar surface area (TPSA) is 66.3 Å². The molecule has 27 heavy (non-hydrogen) atoms. The van der Waals surface area contributed by atoms with E-state index in [1.165, 1.54) is 0 Å². The lowest BCUT2D eigenvalue weighted by molar-refractivity contribution is 0.0699. The van der Waals surface area contributed by atoms with Crippen LogP contribution in [0.3, 0.4) is 0 Å². The summed E-state index contributed by atoms with van der Waals surface area (Å²) in [5.74, 6) is 1.20. The number of benzene rings is 1. The zero-order valence-electron chi connectivity index (χ0n) is 15.2. The van der Waals surface area contributed by atoms with Gasteiger partial charge in [-0.15, -0.1) is 0 Å². The third kappa shape index (κ3) is 2.77. The fourth-order valence-corrected chi connectivity index (χ4v) is 3.96. The van der Waals surface area contributed by atoms with Gasteiger partial charge in [0.15, 0.2) is 0 Å². The van der Waals surface area contributed by atoms with Crippen molar-refractivity contribution >= 4 is 22.6 Å². The maximum absolute atomic E-state index is 13.0. The molecule has 1 saturated heterocycles. The van der Waals surface area contributed by atoms with Gasteiger partial charge in [-0.1, -0.05) is 18.2 Å². The summed E-state index contributed by atoms with van der Waals surface area (Å²) in [6.07, 6.45) is 3.85. The van der Waals surface area contributed by atoms with E-state index in [1.54, 1.807) is 0 Å². The molecule has 0 unspecified atom stereocenters. The number of aryl methyl sites for hydroxylation is 1. The van der Waals surface area contributed by atoms with Crippen molar-refractivity contribution in [2.75, 3.05) is 13.1 Å². The zero-order chi connectivity index (χ0) is 18.4. The second kappa shape index (κ2) is 6.23. The Morgan fingerprint density at radius 1 is 1.15 bits per heavy atom. The van der Waals surface area contributed by atoms with Crippen molar-refractivity contribution in [2.24, 2.45) is 0 Å². The molecule has 6 heteroatoms. The summed E-state index contributed by atoms with van der Waals surface area (Å²) in [5.41, 5.74) is 4.41. The number of aromatic nitrogens is 4. The van der Waals surface area contributed by atoms with Crippen LogP contribution in [0.2, 0.25) is 0 Å². The molecule has 1 fully saturated rings. The Balaban J connectivity index is 1.41. The molecule has 3 aromatic heterocycles. The fourth-order valence-electron chi connectivity index (χ4n) is 3.96. The number of para-hydroxylation sites is 2. The second-order valence-electron chi connectivity index (χ2n) is 7.25. The first-order chi connectivity index (χ1) is 13.2. The first-order valence-corrected chi connectivity index (χ1v) is 9.38. The van der Waals surface area contributed by atoms with Crippen molar-refractivity contribution in [1.82, 2.24) is 24.3 Å². The zero-order valence-corrected chi connectivity index (χ0v) is 15.2. The standard InChI is InChI=1S/C21H21N5O/c1-14-6-4-10-19-22-18(13-26(14)19)21(27)25-11-5-7-15(12-25)20-23-16-8-2-3-9-17(16)24-20/h2-4,6,8-10,13,15H,5,7,11-12H2,1H3,(H,23,24)/t15-/m0/s1. The van der Waals surface area contributed by atoms with Crippen molar-refractivity contribution in [3.8, 4) is 0 Å². The first-order valence-electron chi connectivity index (χ1n) is 9.38. The number of nitrogens with one attached hydrogen (secondary N) is 1. The number of amides is 1. The van der Waals surface area contributed by atoms with E-state index in [-0.39, 0.29) is 11.8 Å². The number of carbonyl (C=O) groups excluding carboxylic acids is 1. The van der Waals surface area contributed by atoms with E-state index in [2.05, 4.69) is 9.97 Å². The van der Waals surface area contributed by atoms with Crippen LogP contribution in [0.4, 0.5) is 0 Å². The molecule has 0 spiro atoms. The van der Waals surface area contributed by atoms with Crippen molar-refractivity contribution in [2.45, 2.75) is 25.7 Å². The summed E-state index contributed by atoms with van der Waals surface area (Å²) in [6, 6.07) is 14.0. The van der Waals surface area contributed by atoms with E-state index >= 15 is 0 Å². The number of imidazole rings is 2. The number of pyridine rings is 1. The normalized spacial score (nSPS) is 17.7. The van der Waals surface area contributed by atoms with Gasteiger partial charge in [-0.2, -0.15) is 0 Å². The summed E-state index contributed by atoms with van der Waals surface area (Å²) >= 11 is 0. The second-order valence-corrected chi connectivity index (χ2v) is 7.25.